The minimum atomic E-state index is 0.0636. The van der Waals surface area contributed by atoms with Crippen LogP contribution in [0.2, 0.25) is 5.02 Å². The van der Waals surface area contributed by atoms with Crippen molar-refractivity contribution in [1.82, 2.24) is 5.01 Å². The second kappa shape index (κ2) is 4.88. The van der Waals surface area contributed by atoms with Crippen LogP contribution in [-0.4, -0.2) is 16.6 Å². The Kier molecular flexibility index (Phi) is 3.48. The zero-order valence-corrected chi connectivity index (χ0v) is 10.7. The Hall–Kier alpha value is -1.35. The van der Waals surface area contributed by atoms with E-state index in [0.29, 0.717) is 23.9 Å². The summed E-state index contributed by atoms with van der Waals surface area (Å²) in [6.45, 7) is 4.60. The Morgan fingerprint density at radius 3 is 2.82 bits per heavy atom. The van der Waals surface area contributed by atoms with Crippen molar-refractivity contribution in [3.63, 3.8) is 0 Å². The van der Waals surface area contributed by atoms with Crippen molar-refractivity contribution in [2.45, 2.75) is 26.8 Å². The largest absolute Gasteiger partial charge is 0.273 e. The van der Waals surface area contributed by atoms with E-state index < -0.39 is 0 Å². The number of benzene rings is 1. The first-order valence-electron chi connectivity index (χ1n) is 5.68. The third kappa shape index (κ3) is 2.86. The zero-order chi connectivity index (χ0) is 12.4. The Balaban J connectivity index is 2.12. The molecule has 0 N–H and O–H groups in total. The second-order valence-corrected chi connectivity index (χ2v) is 4.94. The molecule has 0 saturated carbocycles. The van der Waals surface area contributed by atoms with E-state index >= 15 is 0 Å². The number of hydrogen-bond acceptors (Lipinski definition) is 2. The van der Waals surface area contributed by atoms with E-state index in [1.54, 1.807) is 0 Å². The van der Waals surface area contributed by atoms with Crippen molar-refractivity contribution < 1.29 is 4.79 Å². The maximum atomic E-state index is 11.8. The summed E-state index contributed by atoms with van der Waals surface area (Å²) in [6.07, 6.45) is 0.443. The summed E-state index contributed by atoms with van der Waals surface area (Å²) in [7, 11) is 0. The summed E-state index contributed by atoms with van der Waals surface area (Å²) < 4.78 is 0. The fraction of sp³-hybridized carbons (Fsp3) is 0.385. The molecule has 0 aromatic heterocycles. The van der Waals surface area contributed by atoms with Crippen LogP contribution < -0.4 is 0 Å². The standard InChI is InChI=1S/C13H15ClN2O/c1-9(2)12-7-13(17)16(15-12)8-10-4-3-5-11(14)6-10/h3-6,9H,7-8H2,1-2H3. The van der Waals surface area contributed by atoms with Crippen LogP contribution in [0.3, 0.4) is 0 Å². The van der Waals surface area contributed by atoms with Crippen molar-refractivity contribution in [2.24, 2.45) is 11.0 Å². The van der Waals surface area contributed by atoms with Gasteiger partial charge < -0.3 is 0 Å². The highest BCUT2D eigenvalue weighted by molar-refractivity contribution is 6.30. The van der Waals surface area contributed by atoms with Gasteiger partial charge in [-0.2, -0.15) is 5.10 Å². The van der Waals surface area contributed by atoms with Crippen molar-refractivity contribution in [1.29, 1.82) is 0 Å². The zero-order valence-electron chi connectivity index (χ0n) is 9.98. The lowest BCUT2D eigenvalue weighted by Gasteiger charge is -2.11. The predicted octanol–water partition coefficient (Wildman–Crippen LogP) is 3.08. The van der Waals surface area contributed by atoms with Crippen LogP contribution in [0.5, 0.6) is 0 Å². The number of hydrogen-bond donors (Lipinski definition) is 0. The summed E-state index contributed by atoms with van der Waals surface area (Å²) in [5.74, 6) is 0.386. The number of hydrazone groups is 1. The van der Waals surface area contributed by atoms with Gasteiger partial charge >= 0.3 is 0 Å². The van der Waals surface area contributed by atoms with Gasteiger partial charge in [-0.1, -0.05) is 37.6 Å². The Bertz CT molecular complexity index is 468. The maximum absolute atomic E-state index is 11.8. The molecule has 0 unspecified atom stereocenters. The second-order valence-electron chi connectivity index (χ2n) is 4.50. The van der Waals surface area contributed by atoms with Crippen LogP contribution in [0.4, 0.5) is 0 Å². The van der Waals surface area contributed by atoms with Crippen molar-refractivity contribution in [3.8, 4) is 0 Å². The smallest absolute Gasteiger partial charge is 0.248 e. The first kappa shape index (κ1) is 12.1. The van der Waals surface area contributed by atoms with E-state index in [-0.39, 0.29) is 5.91 Å². The number of carbonyl (C=O) groups is 1. The normalized spacial score (nSPS) is 15.6. The molecule has 3 nitrogen and oxygen atoms in total. The highest BCUT2D eigenvalue weighted by Crippen LogP contribution is 2.18. The number of carbonyl (C=O) groups excluding carboxylic acids is 1. The van der Waals surface area contributed by atoms with Crippen LogP contribution in [-0.2, 0) is 11.3 Å². The van der Waals surface area contributed by atoms with E-state index in [2.05, 4.69) is 18.9 Å². The number of nitrogens with zero attached hydrogens (tertiary/aromatic N) is 2. The van der Waals surface area contributed by atoms with Gasteiger partial charge in [0.25, 0.3) is 0 Å². The lowest BCUT2D eigenvalue weighted by Crippen LogP contribution is -2.20. The molecule has 90 valence electrons. The topological polar surface area (TPSA) is 32.7 Å². The van der Waals surface area contributed by atoms with Gasteiger partial charge in [0, 0.05) is 5.02 Å². The van der Waals surface area contributed by atoms with E-state index in [9.17, 15) is 4.79 Å². The van der Waals surface area contributed by atoms with Crippen molar-refractivity contribution in [3.05, 3.63) is 34.9 Å². The molecule has 0 spiro atoms. The summed E-state index contributed by atoms with van der Waals surface area (Å²) in [5, 5.41) is 6.56. The SMILES string of the molecule is CC(C)C1=NN(Cc2cccc(Cl)c2)C(=O)C1. The average molecular weight is 251 g/mol. The molecular formula is C13H15ClN2O. The van der Waals surface area contributed by atoms with Gasteiger partial charge in [0.05, 0.1) is 18.7 Å². The van der Waals surface area contributed by atoms with E-state index in [1.807, 2.05) is 24.3 Å². The Morgan fingerprint density at radius 1 is 1.47 bits per heavy atom. The van der Waals surface area contributed by atoms with Crippen molar-refractivity contribution in [2.75, 3.05) is 0 Å². The number of amides is 1. The van der Waals surface area contributed by atoms with Crippen LogP contribution in [0.1, 0.15) is 25.8 Å². The third-order valence-electron chi connectivity index (χ3n) is 2.76. The maximum Gasteiger partial charge on any atom is 0.248 e. The van der Waals surface area contributed by atoms with Gasteiger partial charge in [-0.25, -0.2) is 5.01 Å². The lowest BCUT2D eigenvalue weighted by molar-refractivity contribution is -0.129. The minimum absolute atomic E-state index is 0.0636. The number of rotatable bonds is 3. The monoisotopic (exact) mass is 250 g/mol. The molecule has 2 rings (SSSR count). The van der Waals surface area contributed by atoms with Gasteiger partial charge in [0.1, 0.15) is 0 Å². The van der Waals surface area contributed by atoms with Crippen LogP contribution in [0, 0.1) is 5.92 Å². The molecular weight excluding hydrogens is 236 g/mol. The highest BCUT2D eigenvalue weighted by atomic mass is 35.5. The van der Waals surface area contributed by atoms with E-state index in [1.165, 1.54) is 5.01 Å². The summed E-state index contributed by atoms with van der Waals surface area (Å²) in [6, 6.07) is 7.50. The predicted molar refractivity (Wildman–Crippen MR) is 68.9 cm³/mol. The molecule has 0 bridgehead atoms. The lowest BCUT2D eigenvalue weighted by atomic mass is 10.1. The summed E-state index contributed by atoms with van der Waals surface area (Å²) in [5.41, 5.74) is 1.96. The minimum Gasteiger partial charge on any atom is -0.273 e. The molecule has 1 aromatic carbocycles. The van der Waals surface area contributed by atoms with Gasteiger partial charge in [0.15, 0.2) is 0 Å². The molecule has 1 amide bonds. The van der Waals surface area contributed by atoms with Crippen LogP contribution >= 0.6 is 11.6 Å². The first-order valence-corrected chi connectivity index (χ1v) is 6.06. The molecule has 1 aromatic rings. The van der Waals surface area contributed by atoms with Gasteiger partial charge in [-0.3, -0.25) is 4.79 Å². The first-order chi connectivity index (χ1) is 8.06. The molecule has 0 fully saturated rings. The fourth-order valence-electron chi connectivity index (χ4n) is 1.74. The summed E-state index contributed by atoms with van der Waals surface area (Å²) >= 11 is 5.91. The van der Waals surface area contributed by atoms with E-state index in [0.717, 1.165) is 11.3 Å². The third-order valence-corrected chi connectivity index (χ3v) is 2.99. The Morgan fingerprint density at radius 2 is 2.24 bits per heavy atom. The van der Waals surface area contributed by atoms with Gasteiger partial charge in [0.2, 0.25) is 5.91 Å². The molecule has 0 radical (unpaired) electrons. The van der Waals surface area contributed by atoms with E-state index in [4.69, 9.17) is 11.6 Å². The molecule has 4 heteroatoms. The van der Waals surface area contributed by atoms with Crippen LogP contribution in [0.25, 0.3) is 0 Å². The molecule has 0 saturated heterocycles. The highest BCUT2D eigenvalue weighted by Gasteiger charge is 2.25. The number of halogens is 1. The Labute approximate surface area is 106 Å². The fourth-order valence-corrected chi connectivity index (χ4v) is 1.96. The molecule has 0 aliphatic carbocycles. The van der Waals surface area contributed by atoms with Gasteiger partial charge in [-0.05, 0) is 23.6 Å². The van der Waals surface area contributed by atoms with Crippen molar-refractivity contribution >= 4 is 23.2 Å². The molecule has 1 heterocycles. The molecule has 1 aliphatic rings. The average Bonchev–Trinajstić information content (AvgIpc) is 2.61. The molecule has 17 heavy (non-hydrogen) atoms. The van der Waals surface area contributed by atoms with Gasteiger partial charge in [-0.15, -0.1) is 0 Å². The van der Waals surface area contributed by atoms with Crippen LogP contribution in [0.15, 0.2) is 29.4 Å². The summed E-state index contributed by atoms with van der Waals surface area (Å²) in [4.78, 5) is 11.8. The molecule has 1 aliphatic heterocycles. The quantitative estimate of drug-likeness (QED) is 0.811. The molecule has 0 atom stereocenters.